The number of hydrogen-bond donors (Lipinski definition) is 1. The van der Waals surface area contributed by atoms with Crippen LogP contribution >= 0.6 is 0 Å². The summed E-state index contributed by atoms with van der Waals surface area (Å²) in [6, 6.07) is 25.0. The van der Waals surface area contributed by atoms with Crippen LogP contribution in [0.1, 0.15) is 48.5 Å². The Kier molecular flexibility index (Phi) is 10.1. The summed E-state index contributed by atoms with van der Waals surface area (Å²) in [5, 5.41) is 9.48. The Balaban J connectivity index is 2.22. The quantitative estimate of drug-likeness (QED) is 0.300. The summed E-state index contributed by atoms with van der Waals surface area (Å²) in [4.78, 5) is 27.0. The van der Waals surface area contributed by atoms with E-state index in [1.54, 1.807) is 20.3 Å². The third-order valence-electron chi connectivity index (χ3n) is 6.65. The standard InChI is InChI=1S/C30H35NO6/c1-21(23-13-9-6-10-14-23)31(20-22-11-7-5-8-12-22)29(25(30(34)37-4)16-18-28(32)33)24-15-17-26(35-2)27(19-24)36-3/h5-15,17,19,21,25,29H,16,18,20H2,1-4H3,(H,32,33)/t21-,25+,29-/m1/s1. The summed E-state index contributed by atoms with van der Waals surface area (Å²) in [5.41, 5.74) is 2.94. The van der Waals surface area contributed by atoms with E-state index < -0.39 is 23.9 Å². The van der Waals surface area contributed by atoms with Crippen LogP contribution in [0, 0.1) is 5.92 Å². The number of nitrogens with zero attached hydrogens (tertiary/aromatic N) is 1. The van der Waals surface area contributed by atoms with Crippen molar-refractivity contribution in [2.45, 2.75) is 38.4 Å². The fourth-order valence-corrected chi connectivity index (χ4v) is 4.72. The van der Waals surface area contributed by atoms with Crippen molar-refractivity contribution in [2.24, 2.45) is 5.92 Å². The Morgan fingerprint density at radius 2 is 1.46 bits per heavy atom. The number of carboxylic acid groups (broad SMARTS) is 1. The zero-order chi connectivity index (χ0) is 26.8. The topological polar surface area (TPSA) is 85.3 Å². The molecule has 3 aromatic carbocycles. The van der Waals surface area contributed by atoms with E-state index >= 15 is 0 Å². The molecule has 0 unspecified atom stereocenters. The van der Waals surface area contributed by atoms with E-state index in [1.165, 1.54) is 7.11 Å². The summed E-state index contributed by atoms with van der Waals surface area (Å²) in [6.45, 7) is 2.62. The third kappa shape index (κ3) is 7.11. The minimum absolute atomic E-state index is 0.114. The average molecular weight is 506 g/mol. The predicted molar refractivity (Wildman–Crippen MR) is 142 cm³/mol. The van der Waals surface area contributed by atoms with Gasteiger partial charge >= 0.3 is 11.9 Å². The van der Waals surface area contributed by atoms with Gasteiger partial charge in [0.15, 0.2) is 11.5 Å². The minimum atomic E-state index is -0.967. The summed E-state index contributed by atoms with van der Waals surface area (Å²) < 4.78 is 16.2. The maximum Gasteiger partial charge on any atom is 0.310 e. The van der Waals surface area contributed by atoms with Crippen LogP contribution in [0.4, 0.5) is 0 Å². The lowest BCUT2D eigenvalue weighted by molar-refractivity contribution is -0.150. The van der Waals surface area contributed by atoms with Gasteiger partial charge < -0.3 is 19.3 Å². The van der Waals surface area contributed by atoms with Crippen molar-refractivity contribution in [2.75, 3.05) is 21.3 Å². The molecular formula is C30H35NO6. The molecule has 1 N–H and O–H groups in total. The van der Waals surface area contributed by atoms with E-state index in [1.807, 2.05) is 60.7 Å². The molecule has 0 bridgehead atoms. The summed E-state index contributed by atoms with van der Waals surface area (Å²) >= 11 is 0. The maximum absolute atomic E-state index is 13.2. The Morgan fingerprint density at radius 3 is 2.03 bits per heavy atom. The number of hydrogen-bond acceptors (Lipinski definition) is 6. The van der Waals surface area contributed by atoms with Crippen molar-refractivity contribution in [3.05, 3.63) is 95.6 Å². The van der Waals surface area contributed by atoms with Crippen molar-refractivity contribution in [1.82, 2.24) is 4.90 Å². The van der Waals surface area contributed by atoms with E-state index in [4.69, 9.17) is 14.2 Å². The number of methoxy groups -OCH3 is 3. The molecule has 0 aliphatic heterocycles. The molecule has 7 nitrogen and oxygen atoms in total. The lowest BCUT2D eigenvalue weighted by Gasteiger charge is -2.40. The molecule has 0 saturated heterocycles. The predicted octanol–water partition coefficient (Wildman–Crippen LogP) is 5.66. The lowest BCUT2D eigenvalue weighted by atomic mass is 9.85. The van der Waals surface area contributed by atoms with Crippen LogP contribution in [-0.4, -0.2) is 43.3 Å². The van der Waals surface area contributed by atoms with Gasteiger partial charge in [-0.1, -0.05) is 66.7 Å². The Hall–Kier alpha value is -3.84. The van der Waals surface area contributed by atoms with Crippen molar-refractivity contribution in [1.29, 1.82) is 0 Å². The van der Waals surface area contributed by atoms with Crippen LogP contribution in [0.2, 0.25) is 0 Å². The summed E-state index contributed by atoms with van der Waals surface area (Å²) in [7, 11) is 4.47. The number of carboxylic acids is 1. The Labute approximate surface area is 218 Å². The highest BCUT2D eigenvalue weighted by Crippen LogP contribution is 2.42. The molecule has 0 amide bonds. The normalized spacial score (nSPS) is 13.4. The number of benzene rings is 3. The SMILES string of the molecule is COC(=O)[C@@H](CCC(=O)O)[C@@H](c1ccc(OC)c(OC)c1)N(Cc1ccccc1)[C@H](C)c1ccccc1. The molecule has 0 spiro atoms. The number of rotatable bonds is 13. The molecule has 196 valence electrons. The Bertz CT molecular complexity index is 1150. The molecule has 3 rings (SSSR count). The summed E-state index contributed by atoms with van der Waals surface area (Å²) in [6.07, 6.45) is -0.0454. The molecule has 0 heterocycles. The highest BCUT2D eigenvalue weighted by molar-refractivity contribution is 5.75. The summed E-state index contributed by atoms with van der Waals surface area (Å²) in [5.74, 6) is -1.08. The van der Waals surface area contributed by atoms with Crippen LogP contribution in [0.25, 0.3) is 0 Å². The molecule has 0 aliphatic rings. The smallest absolute Gasteiger partial charge is 0.310 e. The number of esters is 1. The molecule has 7 heteroatoms. The van der Waals surface area contributed by atoms with Crippen LogP contribution in [0.3, 0.4) is 0 Å². The molecule has 0 fully saturated rings. The van der Waals surface area contributed by atoms with Gasteiger partial charge in [-0.15, -0.1) is 0 Å². The van der Waals surface area contributed by atoms with Crippen molar-refractivity contribution in [3.8, 4) is 11.5 Å². The van der Waals surface area contributed by atoms with Gasteiger partial charge in [0.2, 0.25) is 0 Å². The molecule has 0 aromatic heterocycles. The zero-order valence-corrected chi connectivity index (χ0v) is 21.8. The lowest BCUT2D eigenvalue weighted by Crippen LogP contribution is -2.39. The molecule has 0 aliphatic carbocycles. The first-order chi connectivity index (χ1) is 17.9. The van der Waals surface area contributed by atoms with Crippen LogP contribution in [-0.2, 0) is 20.9 Å². The molecular weight excluding hydrogens is 470 g/mol. The minimum Gasteiger partial charge on any atom is -0.493 e. The van der Waals surface area contributed by atoms with Crippen LogP contribution < -0.4 is 9.47 Å². The first-order valence-electron chi connectivity index (χ1n) is 12.3. The monoisotopic (exact) mass is 505 g/mol. The van der Waals surface area contributed by atoms with Gasteiger partial charge in [-0.3, -0.25) is 14.5 Å². The largest absolute Gasteiger partial charge is 0.493 e. The second kappa shape index (κ2) is 13.5. The van der Waals surface area contributed by atoms with Gasteiger partial charge in [-0.2, -0.15) is 0 Å². The van der Waals surface area contributed by atoms with E-state index in [2.05, 4.69) is 24.0 Å². The molecule has 0 radical (unpaired) electrons. The highest BCUT2D eigenvalue weighted by Gasteiger charge is 2.38. The fourth-order valence-electron chi connectivity index (χ4n) is 4.72. The number of carbonyl (C=O) groups excluding carboxylic acids is 1. The van der Waals surface area contributed by atoms with E-state index in [0.717, 1.165) is 16.7 Å². The van der Waals surface area contributed by atoms with Crippen LogP contribution in [0.15, 0.2) is 78.9 Å². The second-order valence-corrected chi connectivity index (χ2v) is 8.87. The van der Waals surface area contributed by atoms with Crippen molar-refractivity contribution < 1.29 is 28.9 Å². The molecule has 37 heavy (non-hydrogen) atoms. The van der Waals surface area contributed by atoms with E-state index in [0.29, 0.717) is 18.0 Å². The third-order valence-corrected chi connectivity index (χ3v) is 6.65. The first-order valence-corrected chi connectivity index (χ1v) is 12.3. The van der Waals surface area contributed by atoms with E-state index in [9.17, 15) is 14.7 Å². The molecule has 3 atom stereocenters. The number of carbonyl (C=O) groups is 2. The Morgan fingerprint density at radius 1 is 0.838 bits per heavy atom. The van der Waals surface area contributed by atoms with Gasteiger partial charge in [0.05, 0.1) is 27.2 Å². The van der Waals surface area contributed by atoms with Crippen LogP contribution in [0.5, 0.6) is 11.5 Å². The molecule has 0 saturated carbocycles. The van der Waals surface area contributed by atoms with Gasteiger partial charge in [0.1, 0.15) is 0 Å². The fraction of sp³-hybridized carbons (Fsp3) is 0.333. The second-order valence-electron chi connectivity index (χ2n) is 8.87. The van der Waals surface area contributed by atoms with Gasteiger partial charge in [-0.05, 0) is 42.2 Å². The number of aliphatic carboxylic acids is 1. The van der Waals surface area contributed by atoms with Crippen molar-refractivity contribution in [3.63, 3.8) is 0 Å². The first kappa shape index (κ1) is 27.7. The number of ether oxygens (including phenoxy) is 3. The maximum atomic E-state index is 13.2. The average Bonchev–Trinajstić information content (AvgIpc) is 2.94. The van der Waals surface area contributed by atoms with Gasteiger partial charge in [-0.25, -0.2) is 0 Å². The highest BCUT2D eigenvalue weighted by atomic mass is 16.5. The van der Waals surface area contributed by atoms with Gasteiger partial charge in [0, 0.05) is 25.0 Å². The zero-order valence-electron chi connectivity index (χ0n) is 21.8. The van der Waals surface area contributed by atoms with Crippen molar-refractivity contribution >= 4 is 11.9 Å². The van der Waals surface area contributed by atoms with E-state index in [-0.39, 0.29) is 18.9 Å². The molecule has 3 aromatic rings. The van der Waals surface area contributed by atoms with Gasteiger partial charge in [0.25, 0.3) is 0 Å².